The van der Waals surface area contributed by atoms with Crippen molar-refractivity contribution in [2.24, 2.45) is 0 Å². The minimum atomic E-state index is -3.69. The second-order valence-electron chi connectivity index (χ2n) is 8.88. The first-order valence-corrected chi connectivity index (χ1v) is 12.9. The molecular formula is C25H36N4O3S. The molecule has 1 fully saturated rings. The highest BCUT2D eigenvalue weighted by atomic mass is 32.2. The Morgan fingerprint density at radius 2 is 1.73 bits per heavy atom. The van der Waals surface area contributed by atoms with E-state index in [1.165, 1.54) is 18.3 Å². The Hall–Kier alpha value is -2.42. The first-order chi connectivity index (χ1) is 15.7. The number of aryl methyl sites for hydroxylation is 3. The van der Waals surface area contributed by atoms with Gasteiger partial charge in [0.15, 0.2) is 0 Å². The van der Waals surface area contributed by atoms with Gasteiger partial charge in [0, 0.05) is 45.5 Å². The summed E-state index contributed by atoms with van der Waals surface area (Å²) >= 11 is 0. The number of carbonyl (C=O) groups excluding carboxylic acids is 1. The van der Waals surface area contributed by atoms with Crippen LogP contribution in [0.15, 0.2) is 47.4 Å². The maximum atomic E-state index is 12.8. The van der Waals surface area contributed by atoms with Crippen LogP contribution in [0.25, 0.3) is 0 Å². The molecule has 33 heavy (non-hydrogen) atoms. The van der Waals surface area contributed by atoms with Crippen molar-refractivity contribution in [3.63, 3.8) is 0 Å². The largest absolute Gasteiger partial charge is 0.369 e. The number of hydrogen-bond acceptors (Lipinski definition) is 5. The number of carbonyl (C=O) groups is 1. The van der Waals surface area contributed by atoms with Crippen LogP contribution in [0, 0.1) is 20.8 Å². The average molecular weight is 473 g/mol. The van der Waals surface area contributed by atoms with E-state index in [1.54, 1.807) is 18.2 Å². The zero-order chi connectivity index (χ0) is 24.0. The molecule has 0 aromatic heterocycles. The van der Waals surface area contributed by atoms with Crippen LogP contribution in [0.4, 0.5) is 5.69 Å². The van der Waals surface area contributed by atoms with Crippen molar-refractivity contribution in [3.05, 3.63) is 59.2 Å². The van der Waals surface area contributed by atoms with Crippen LogP contribution in [0.5, 0.6) is 0 Å². The first kappa shape index (κ1) is 25.2. The molecule has 0 spiro atoms. The SMILES string of the molecule is Cc1cccc(N2CCN(CCCNC(=O)CN(C)S(=O)(=O)c3ccc(C)c(C)c3)CC2)c1. The number of amides is 1. The van der Waals surface area contributed by atoms with Gasteiger partial charge < -0.3 is 10.2 Å². The van der Waals surface area contributed by atoms with Crippen molar-refractivity contribution in [2.45, 2.75) is 32.1 Å². The molecule has 0 radical (unpaired) electrons. The number of rotatable bonds is 9. The lowest BCUT2D eigenvalue weighted by Crippen LogP contribution is -2.47. The standard InChI is InChI=1S/C25H36N4O3S/c1-20-7-5-8-23(17-20)29-15-13-28(14-16-29)12-6-11-26-25(30)19-27(4)33(31,32)24-10-9-21(2)22(3)18-24/h5,7-10,17-18H,6,11-16,19H2,1-4H3,(H,26,30). The van der Waals surface area contributed by atoms with E-state index in [-0.39, 0.29) is 17.3 Å². The molecular weight excluding hydrogens is 436 g/mol. The summed E-state index contributed by atoms with van der Waals surface area (Å²) in [5.74, 6) is -0.283. The number of hydrogen-bond donors (Lipinski definition) is 1. The zero-order valence-electron chi connectivity index (χ0n) is 20.2. The summed E-state index contributed by atoms with van der Waals surface area (Å²) in [6, 6.07) is 13.6. The van der Waals surface area contributed by atoms with E-state index in [4.69, 9.17) is 0 Å². The fourth-order valence-electron chi connectivity index (χ4n) is 3.98. The third kappa shape index (κ3) is 6.79. The number of anilines is 1. The number of piperazine rings is 1. The molecule has 1 aliphatic rings. The lowest BCUT2D eigenvalue weighted by molar-refractivity contribution is -0.121. The zero-order valence-corrected chi connectivity index (χ0v) is 21.0. The lowest BCUT2D eigenvalue weighted by atomic mass is 10.1. The van der Waals surface area contributed by atoms with Crippen LogP contribution in [-0.2, 0) is 14.8 Å². The molecule has 7 nitrogen and oxygen atoms in total. The summed E-state index contributed by atoms with van der Waals surface area (Å²) in [4.78, 5) is 17.3. The summed E-state index contributed by atoms with van der Waals surface area (Å²) in [5.41, 5.74) is 4.50. The predicted molar refractivity (Wildman–Crippen MR) is 133 cm³/mol. The molecule has 1 heterocycles. The maximum Gasteiger partial charge on any atom is 0.243 e. The van der Waals surface area contributed by atoms with Gasteiger partial charge >= 0.3 is 0 Å². The third-order valence-electron chi connectivity index (χ3n) is 6.27. The molecule has 0 bridgehead atoms. The Labute approximate surface area is 198 Å². The van der Waals surface area contributed by atoms with Crippen molar-refractivity contribution in [3.8, 4) is 0 Å². The van der Waals surface area contributed by atoms with Gasteiger partial charge in [0.05, 0.1) is 11.4 Å². The van der Waals surface area contributed by atoms with Gasteiger partial charge in [0.1, 0.15) is 0 Å². The molecule has 8 heteroatoms. The second-order valence-corrected chi connectivity index (χ2v) is 10.9. The van der Waals surface area contributed by atoms with Crippen LogP contribution in [-0.4, -0.2) is 76.4 Å². The van der Waals surface area contributed by atoms with Crippen molar-refractivity contribution >= 4 is 21.6 Å². The van der Waals surface area contributed by atoms with E-state index in [0.717, 1.165) is 54.6 Å². The van der Waals surface area contributed by atoms with Crippen LogP contribution in [0.1, 0.15) is 23.1 Å². The Morgan fingerprint density at radius 3 is 2.39 bits per heavy atom. The Kier molecular flexibility index (Phi) is 8.51. The topological polar surface area (TPSA) is 73.0 Å². The van der Waals surface area contributed by atoms with Gasteiger partial charge in [-0.3, -0.25) is 9.69 Å². The second kappa shape index (κ2) is 11.1. The van der Waals surface area contributed by atoms with E-state index in [0.29, 0.717) is 6.54 Å². The summed E-state index contributed by atoms with van der Waals surface area (Å²) in [5, 5.41) is 2.86. The van der Waals surface area contributed by atoms with E-state index >= 15 is 0 Å². The van der Waals surface area contributed by atoms with Crippen molar-refractivity contribution < 1.29 is 13.2 Å². The number of nitrogens with zero attached hydrogens (tertiary/aromatic N) is 3. The molecule has 0 atom stereocenters. The quantitative estimate of drug-likeness (QED) is 0.568. The van der Waals surface area contributed by atoms with Crippen LogP contribution in [0.2, 0.25) is 0 Å². The molecule has 2 aromatic carbocycles. The molecule has 180 valence electrons. The average Bonchev–Trinajstić information content (AvgIpc) is 2.79. The molecule has 1 saturated heterocycles. The number of sulfonamides is 1. The highest BCUT2D eigenvalue weighted by molar-refractivity contribution is 7.89. The van der Waals surface area contributed by atoms with E-state index in [1.807, 2.05) is 13.8 Å². The summed E-state index contributed by atoms with van der Waals surface area (Å²) in [6.07, 6.45) is 0.837. The van der Waals surface area contributed by atoms with Gasteiger partial charge in [-0.1, -0.05) is 18.2 Å². The predicted octanol–water partition coefficient (Wildman–Crippen LogP) is 2.56. The molecule has 1 amide bonds. The molecule has 1 aliphatic heterocycles. The fraction of sp³-hybridized carbons (Fsp3) is 0.480. The Bertz CT molecular complexity index is 1060. The molecule has 3 rings (SSSR count). The van der Waals surface area contributed by atoms with Gasteiger partial charge in [-0.2, -0.15) is 4.31 Å². The number of benzene rings is 2. The minimum Gasteiger partial charge on any atom is -0.369 e. The van der Waals surface area contributed by atoms with E-state index in [2.05, 4.69) is 46.3 Å². The van der Waals surface area contributed by atoms with Gasteiger partial charge in [-0.15, -0.1) is 0 Å². The molecule has 1 N–H and O–H groups in total. The fourth-order valence-corrected chi connectivity index (χ4v) is 5.20. The van der Waals surface area contributed by atoms with Crippen molar-refractivity contribution in [1.29, 1.82) is 0 Å². The highest BCUT2D eigenvalue weighted by Gasteiger charge is 2.23. The van der Waals surface area contributed by atoms with Gasteiger partial charge in [-0.05, 0) is 74.7 Å². The summed E-state index contributed by atoms with van der Waals surface area (Å²) in [6.45, 7) is 11.2. The molecule has 0 saturated carbocycles. The highest BCUT2D eigenvalue weighted by Crippen LogP contribution is 2.19. The third-order valence-corrected chi connectivity index (χ3v) is 8.06. The lowest BCUT2D eigenvalue weighted by Gasteiger charge is -2.36. The van der Waals surface area contributed by atoms with Crippen LogP contribution >= 0.6 is 0 Å². The number of nitrogens with one attached hydrogen (secondary N) is 1. The van der Waals surface area contributed by atoms with Crippen LogP contribution < -0.4 is 10.2 Å². The minimum absolute atomic E-state index is 0.190. The van der Waals surface area contributed by atoms with Crippen molar-refractivity contribution in [1.82, 2.24) is 14.5 Å². The van der Waals surface area contributed by atoms with Gasteiger partial charge in [0.2, 0.25) is 15.9 Å². The maximum absolute atomic E-state index is 12.8. The summed E-state index contributed by atoms with van der Waals surface area (Å²) < 4.78 is 26.6. The van der Waals surface area contributed by atoms with Crippen LogP contribution in [0.3, 0.4) is 0 Å². The number of likely N-dealkylation sites (N-methyl/N-ethyl adjacent to an activating group) is 1. The first-order valence-electron chi connectivity index (χ1n) is 11.5. The smallest absolute Gasteiger partial charge is 0.243 e. The molecule has 0 aliphatic carbocycles. The summed E-state index contributed by atoms with van der Waals surface area (Å²) in [7, 11) is -2.25. The van der Waals surface area contributed by atoms with Gasteiger partial charge in [-0.25, -0.2) is 8.42 Å². The Morgan fingerprint density at radius 1 is 1.00 bits per heavy atom. The van der Waals surface area contributed by atoms with E-state index < -0.39 is 10.0 Å². The molecule has 0 unspecified atom stereocenters. The monoisotopic (exact) mass is 472 g/mol. The van der Waals surface area contributed by atoms with Gasteiger partial charge in [0.25, 0.3) is 0 Å². The molecule has 2 aromatic rings. The van der Waals surface area contributed by atoms with Crippen molar-refractivity contribution in [2.75, 3.05) is 57.8 Å². The normalized spacial score (nSPS) is 15.1. The van der Waals surface area contributed by atoms with E-state index in [9.17, 15) is 13.2 Å². The Balaban J connectivity index is 1.37.